The lowest BCUT2D eigenvalue weighted by Crippen LogP contribution is -1.98. The normalized spacial score (nSPS) is 11.4. The number of fused-ring (bicyclic) bond motifs is 1. The minimum absolute atomic E-state index is 0.454. The fourth-order valence-corrected chi connectivity index (χ4v) is 3.44. The van der Waals surface area contributed by atoms with Crippen molar-refractivity contribution in [3.8, 4) is 17.6 Å². The van der Waals surface area contributed by atoms with Gasteiger partial charge in [-0.2, -0.15) is 5.26 Å². The van der Waals surface area contributed by atoms with Crippen LogP contribution in [-0.4, -0.2) is 16.7 Å². The summed E-state index contributed by atoms with van der Waals surface area (Å²) < 4.78 is 13.4. The molecule has 1 aromatic heterocycles. The number of nitrogens with zero attached hydrogens (tertiary/aromatic N) is 3. The fourth-order valence-electron chi connectivity index (χ4n) is 3.44. The molecule has 0 saturated heterocycles. The van der Waals surface area contributed by atoms with E-state index in [0.29, 0.717) is 29.5 Å². The molecule has 4 rings (SSSR count). The second-order valence-corrected chi connectivity index (χ2v) is 7.34. The first-order chi connectivity index (χ1) is 15.1. The number of hydrogen-bond donors (Lipinski definition) is 0. The van der Waals surface area contributed by atoms with E-state index in [9.17, 15) is 5.26 Å². The van der Waals surface area contributed by atoms with E-state index in [1.165, 1.54) is 5.56 Å². The van der Waals surface area contributed by atoms with E-state index in [1.807, 2.05) is 60.2 Å². The first-order valence-electron chi connectivity index (χ1n) is 9.99. The van der Waals surface area contributed by atoms with Crippen LogP contribution in [-0.2, 0) is 13.7 Å². The van der Waals surface area contributed by atoms with E-state index in [1.54, 1.807) is 7.11 Å². The van der Waals surface area contributed by atoms with E-state index in [4.69, 9.17) is 9.47 Å². The van der Waals surface area contributed by atoms with Crippen LogP contribution in [0.25, 0.3) is 22.7 Å². The van der Waals surface area contributed by atoms with Crippen molar-refractivity contribution >= 4 is 22.7 Å². The van der Waals surface area contributed by atoms with Crippen LogP contribution in [0.15, 0.2) is 66.7 Å². The van der Waals surface area contributed by atoms with Crippen LogP contribution in [0.4, 0.5) is 0 Å². The zero-order valence-corrected chi connectivity index (χ0v) is 17.8. The lowest BCUT2D eigenvalue weighted by Gasteiger charge is -2.12. The van der Waals surface area contributed by atoms with Crippen LogP contribution in [0.2, 0.25) is 0 Å². The van der Waals surface area contributed by atoms with Crippen molar-refractivity contribution in [2.24, 2.45) is 7.05 Å². The largest absolute Gasteiger partial charge is 0.493 e. The Bertz CT molecular complexity index is 1290. The number of hydrogen-bond acceptors (Lipinski definition) is 4. The van der Waals surface area contributed by atoms with Gasteiger partial charge in [0.2, 0.25) is 0 Å². The van der Waals surface area contributed by atoms with Crippen molar-refractivity contribution in [3.63, 3.8) is 0 Å². The number of ether oxygens (including phenoxy) is 2. The Kier molecular flexibility index (Phi) is 5.72. The molecule has 4 aromatic rings. The molecule has 0 radical (unpaired) electrons. The van der Waals surface area contributed by atoms with Crippen LogP contribution in [0.5, 0.6) is 11.5 Å². The van der Waals surface area contributed by atoms with Gasteiger partial charge in [-0.25, -0.2) is 4.98 Å². The van der Waals surface area contributed by atoms with Gasteiger partial charge in [-0.15, -0.1) is 0 Å². The van der Waals surface area contributed by atoms with Gasteiger partial charge < -0.3 is 14.0 Å². The van der Waals surface area contributed by atoms with Gasteiger partial charge in [0.25, 0.3) is 0 Å². The van der Waals surface area contributed by atoms with Crippen molar-refractivity contribution < 1.29 is 9.47 Å². The maximum atomic E-state index is 9.77. The molecule has 0 spiro atoms. The highest BCUT2D eigenvalue weighted by Gasteiger charge is 2.13. The van der Waals surface area contributed by atoms with Crippen LogP contribution in [0, 0.1) is 18.3 Å². The molecule has 3 aromatic carbocycles. The first kappa shape index (κ1) is 20.2. The zero-order valence-electron chi connectivity index (χ0n) is 17.8. The molecule has 0 bridgehead atoms. The number of rotatable bonds is 6. The van der Waals surface area contributed by atoms with Crippen molar-refractivity contribution in [2.45, 2.75) is 13.5 Å². The van der Waals surface area contributed by atoms with Crippen LogP contribution >= 0.6 is 0 Å². The Balaban J connectivity index is 1.61. The topological polar surface area (TPSA) is 60.1 Å². The standard InChI is InChI=1S/C26H23N3O2/c1-18-8-10-19(11-9-18)17-31-24-13-12-20(15-25(24)30-3)14-21(16-27)26-28-22-6-4-5-7-23(22)29(26)2/h4-15H,17H2,1-3H3. The molecule has 5 nitrogen and oxygen atoms in total. The number of aryl methyl sites for hydroxylation is 2. The molecule has 0 aliphatic carbocycles. The molecule has 0 amide bonds. The number of nitriles is 1. The molecule has 154 valence electrons. The average Bonchev–Trinajstić information content (AvgIpc) is 3.14. The summed E-state index contributed by atoms with van der Waals surface area (Å²) in [6.07, 6.45) is 1.81. The van der Waals surface area contributed by atoms with Gasteiger partial charge in [0.05, 0.1) is 23.7 Å². The van der Waals surface area contributed by atoms with E-state index in [2.05, 4.69) is 42.2 Å². The van der Waals surface area contributed by atoms with Gasteiger partial charge in [-0.05, 0) is 48.4 Å². The molecule has 0 unspecified atom stereocenters. The Labute approximate surface area is 181 Å². The summed E-state index contributed by atoms with van der Waals surface area (Å²) in [4.78, 5) is 4.63. The summed E-state index contributed by atoms with van der Waals surface area (Å²) in [7, 11) is 3.52. The predicted molar refractivity (Wildman–Crippen MR) is 123 cm³/mol. The van der Waals surface area contributed by atoms with Crippen molar-refractivity contribution in [2.75, 3.05) is 7.11 Å². The van der Waals surface area contributed by atoms with Crippen LogP contribution in [0.3, 0.4) is 0 Å². The average molecular weight is 409 g/mol. The lowest BCUT2D eigenvalue weighted by molar-refractivity contribution is 0.284. The third-order valence-electron chi connectivity index (χ3n) is 5.16. The van der Waals surface area contributed by atoms with Gasteiger partial charge in [0.1, 0.15) is 12.7 Å². The smallest absolute Gasteiger partial charge is 0.161 e. The van der Waals surface area contributed by atoms with Gasteiger partial charge >= 0.3 is 0 Å². The van der Waals surface area contributed by atoms with E-state index < -0.39 is 0 Å². The van der Waals surface area contributed by atoms with E-state index in [0.717, 1.165) is 22.2 Å². The Hall–Kier alpha value is -4.04. The molecule has 0 aliphatic heterocycles. The molecule has 0 saturated carbocycles. The third-order valence-corrected chi connectivity index (χ3v) is 5.16. The molecule has 5 heteroatoms. The molecule has 0 atom stereocenters. The molecule has 0 N–H and O–H groups in total. The minimum Gasteiger partial charge on any atom is -0.493 e. The van der Waals surface area contributed by atoms with Gasteiger partial charge in [0, 0.05) is 7.05 Å². The number of aromatic nitrogens is 2. The van der Waals surface area contributed by atoms with Gasteiger partial charge in [0.15, 0.2) is 17.3 Å². The molecule has 31 heavy (non-hydrogen) atoms. The maximum absolute atomic E-state index is 9.77. The highest BCUT2D eigenvalue weighted by molar-refractivity contribution is 5.91. The highest BCUT2D eigenvalue weighted by atomic mass is 16.5. The second kappa shape index (κ2) is 8.76. The molecule has 0 fully saturated rings. The Morgan fingerprint density at radius 1 is 1.06 bits per heavy atom. The summed E-state index contributed by atoms with van der Waals surface area (Å²) in [5.41, 5.74) is 5.46. The quantitative estimate of drug-likeness (QED) is 0.393. The summed E-state index contributed by atoms with van der Waals surface area (Å²) in [5.74, 6) is 1.90. The van der Waals surface area contributed by atoms with E-state index in [-0.39, 0.29) is 0 Å². The number of benzene rings is 3. The molecular weight excluding hydrogens is 386 g/mol. The minimum atomic E-state index is 0.454. The lowest BCUT2D eigenvalue weighted by atomic mass is 10.1. The summed E-state index contributed by atoms with van der Waals surface area (Å²) in [6, 6.07) is 24.0. The Morgan fingerprint density at radius 3 is 2.55 bits per heavy atom. The molecule has 1 heterocycles. The van der Waals surface area contributed by atoms with Gasteiger partial charge in [-0.3, -0.25) is 0 Å². The summed E-state index contributed by atoms with van der Waals surface area (Å²) >= 11 is 0. The van der Waals surface area contributed by atoms with Crippen LogP contribution < -0.4 is 9.47 Å². The second-order valence-electron chi connectivity index (χ2n) is 7.34. The van der Waals surface area contributed by atoms with Gasteiger partial charge in [-0.1, -0.05) is 48.0 Å². The van der Waals surface area contributed by atoms with Crippen molar-refractivity contribution in [3.05, 3.63) is 89.2 Å². The number of para-hydroxylation sites is 2. The SMILES string of the molecule is COc1cc(C=C(C#N)c2nc3ccccc3n2C)ccc1OCc1ccc(C)cc1. The number of allylic oxidation sites excluding steroid dienone is 1. The summed E-state index contributed by atoms with van der Waals surface area (Å²) in [6.45, 7) is 2.51. The Morgan fingerprint density at radius 2 is 1.84 bits per heavy atom. The van der Waals surface area contributed by atoms with Crippen LogP contribution in [0.1, 0.15) is 22.5 Å². The predicted octanol–water partition coefficient (Wildman–Crippen LogP) is 5.53. The first-order valence-corrected chi connectivity index (χ1v) is 9.99. The number of methoxy groups -OCH3 is 1. The van der Waals surface area contributed by atoms with E-state index >= 15 is 0 Å². The monoisotopic (exact) mass is 409 g/mol. The molecular formula is C26H23N3O2. The van der Waals surface area contributed by atoms with Crippen molar-refractivity contribution in [1.82, 2.24) is 9.55 Å². The number of imidazole rings is 1. The molecule has 0 aliphatic rings. The zero-order chi connectivity index (χ0) is 21.8. The maximum Gasteiger partial charge on any atom is 0.161 e. The highest BCUT2D eigenvalue weighted by Crippen LogP contribution is 2.31. The fraction of sp³-hybridized carbons (Fsp3) is 0.154. The summed E-state index contributed by atoms with van der Waals surface area (Å²) in [5, 5.41) is 9.77. The van der Waals surface area contributed by atoms with Crippen molar-refractivity contribution in [1.29, 1.82) is 5.26 Å². The third kappa shape index (κ3) is 4.29.